The lowest BCUT2D eigenvalue weighted by Crippen LogP contribution is -2.36. The Bertz CT molecular complexity index is 1420. The van der Waals surface area contributed by atoms with Gasteiger partial charge in [0.15, 0.2) is 0 Å². The van der Waals surface area contributed by atoms with Gasteiger partial charge in [-0.15, -0.1) is 0 Å². The number of hydrogen-bond acceptors (Lipinski definition) is 12. The Morgan fingerprint density at radius 1 is 0.302 bits per heavy atom. The van der Waals surface area contributed by atoms with Gasteiger partial charge in [-0.3, -0.25) is 9.59 Å². The van der Waals surface area contributed by atoms with Crippen molar-refractivity contribution in [1.29, 1.82) is 0 Å². The molecule has 0 aromatic rings. The average molecular weight is 1210 g/mol. The molecule has 0 aromatic heterocycles. The highest BCUT2D eigenvalue weighted by Gasteiger charge is 2.29. The van der Waals surface area contributed by atoms with Crippen LogP contribution in [0.1, 0.15) is 260 Å². The fourth-order valence-electron chi connectivity index (χ4n) is 15.9. The predicted molar refractivity (Wildman–Crippen MR) is 357 cm³/mol. The van der Waals surface area contributed by atoms with Crippen LogP contribution in [0, 0.1) is 82.9 Å². The second kappa shape index (κ2) is 46.9. The van der Waals surface area contributed by atoms with Gasteiger partial charge >= 0.3 is 0 Å². The van der Waals surface area contributed by atoms with Crippen molar-refractivity contribution in [1.82, 2.24) is 10.6 Å². The predicted octanol–water partition coefficient (Wildman–Crippen LogP) is 15.1. The van der Waals surface area contributed by atoms with Crippen LogP contribution in [0.25, 0.3) is 0 Å². The Kier molecular flexibility index (Phi) is 41.3. The minimum absolute atomic E-state index is 0.339. The standard InChI is InChI=1S/2C13H24O.2C12H23NO.2C7H15N.2C5H8O2/c2*1-11-4-2-3-5-13(11)10-12-6-8-14-9-7-12;2*1-10-9-13-5-2-12(10)8-11-3-6-14-7-4-11;2*1-6-4-2-3-5-7(6)8;2*6-5-1-3-7-4-2-5/h2*11-13H,2-10H2,1H3;2*10-13H,2-9H2,1H3;2*6-7H,2-5,8H2,1H3;2*1-4H2/t2*11-,13-;2*10-,12-;2*6-,7+;;/m101010../s1. The molecule has 4 saturated carbocycles. The van der Waals surface area contributed by atoms with Gasteiger partial charge < -0.3 is 50.5 Å². The molecule has 86 heavy (non-hydrogen) atoms. The van der Waals surface area contributed by atoms with E-state index in [1.54, 1.807) is 0 Å². The first-order chi connectivity index (χ1) is 41.8. The van der Waals surface area contributed by atoms with Crippen molar-refractivity contribution < 1.29 is 38.0 Å². The monoisotopic (exact) mass is 1210 g/mol. The van der Waals surface area contributed by atoms with Gasteiger partial charge in [-0.1, -0.05) is 119 Å². The molecular formula is C74H140N4O8. The van der Waals surface area contributed by atoms with Crippen molar-refractivity contribution in [3.63, 3.8) is 0 Å². The highest BCUT2D eigenvalue weighted by molar-refractivity contribution is 5.79. The van der Waals surface area contributed by atoms with Crippen LogP contribution < -0.4 is 22.1 Å². The van der Waals surface area contributed by atoms with Crippen molar-refractivity contribution in [2.24, 2.45) is 94.3 Å². The number of Topliss-reactive ketones (excluding diaryl/α,β-unsaturated/α-hetero) is 2. The van der Waals surface area contributed by atoms with Crippen LogP contribution in [-0.4, -0.2) is 129 Å². The van der Waals surface area contributed by atoms with Gasteiger partial charge in [0.2, 0.25) is 0 Å². The van der Waals surface area contributed by atoms with Gasteiger partial charge in [0.25, 0.3) is 0 Å². The summed E-state index contributed by atoms with van der Waals surface area (Å²) in [4.78, 5) is 20.8. The molecule has 12 heteroatoms. The zero-order valence-corrected chi connectivity index (χ0v) is 57.0. The van der Waals surface area contributed by atoms with Gasteiger partial charge in [0, 0.05) is 90.6 Å². The molecule has 12 rings (SSSR count). The van der Waals surface area contributed by atoms with Crippen molar-refractivity contribution in [2.75, 3.05) is 105 Å². The first kappa shape index (κ1) is 75.7. The molecule has 0 aromatic carbocycles. The van der Waals surface area contributed by atoms with Crippen molar-refractivity contribution >= 4 is 11.6 Å². The molecule has 0 spiro atoms. The number of carbonyl (C=O) groups is 2. The maximum absolute atomic E-state index is 10.4. The first-order valence-corrected chi connectivity index (χ1v) is 37.3. The maximum atomic E-state index is 10.4. The second-order valence-electron chi connectivity index (χ2n) is 29.8. The van der Waals surface area contributed by atoms with Crippen LogP contribution in [0.4, 0.5) is 0 Å². The molecule has 8 heterocycles. The van der Waals surface area contributed by atoms with E-state index in [1.165, 1.54) is 219 Å². The van der Waals surface area contributed by atoms with E-state index in [0.717, 1.165) is 136 Å². The van der Waals surface area contributed by atoms with Crippen molar-refractivity contribution in [2.45, 2.75) is 272 Å². The van der Waals surface area contributed by atoms with E-state index in [-0.39, 0.29) is 0 Å². The first-order valence-electron chi connectivity index (χ1n) is 37.3. The highest BCUT2D eigenvalue weighted by Crippen LogP contribution is 2.38. The zero-order valence-electron chi connectivity index (χ0n) is 57.0. The summed E-state index contributed by atoms with van der Waals surface area (Å²) in [6, 6.07) is 1.01. The molecule has 4 aliphatic carbocycles. The number of carbonyl (C=O) groups excluding carboxylic acids is 2. The quantitative estimate of drug-likeness (QED) is 0.182. The van der Waals surface area contributed by atoms with E-state index >= 15 is 0 Å². The third kappa shape index (κ3) is 33.5. The lowest BCUT2D eigenvalue weighted by Gasteiger charge is -2.33. The third-order valence-corrected chi connectivity index (χ3v) is 22.9. The van der Waals surface area contributed by atoms with Gasteiger partial charge in [0.05, 0.1) is 26.4 Å². The molecule has 12 fully saturated rings. The Labute approximate surface area is 529 Å². The van der Waals surface area contributed by atoms with Gasteiger partial charge in [-0.25, -0.2) is 0 Å². The van der Waals surface area contributed by atoms with Crippen LogP contribution >= 0.6 is 0 Å². The molecule has 504 valence electrons. The summed E-state index contributed by atoms with van der Waals surface area (Å²) in [5, 5.41) is 6.95. The van der Waals surface area contributed by atoms with Crippen molar-refractivity contribution in [3.8, 4) is 0 Å². The van der Waals surface area contributed by atoms with E-state index in [2.05, 4.69) is 52.2 Å². The minimum Gasteiger partial charge on any atom is -0.381 e. The number of rotatable bonds is 8. The molecule has 8 aliphatic heterocycles. The van der Waals surface area contributed by atoms with Crippen LogP contribution in [0.5, 0.6) is 0 Å². The molecule has 0 amide bonds. The lowest BCUT2D eigenvalue weighted by atomic mass is 9.74. The van der Waals surface area contributed by atoms with Crippen LogP contribution in [0.3, 0.4) is 0 Å². The minimum atomic E-state index is 0.339. The second-order valence-corrected chi connectivity index (χ2v) is 29.8. The fraction of sp³-hybridized carbons (Fsp3) is 0.973. The molecular weight excluding hydrogens is 1070 g/mol. The molecule has 0 bridgehead atoms. The summed E-state index contributed by atoms with van der Waals surface area (Å²) >= 11 is 0. The fourth-order valence-corrected chi connectivity index (χ4v) is 15.9. The van der Waals surface area contributed by atoms with Gasteiger partial charge in [-0.2, -0.15) is 0 Å². The largest absolute Gasteiger partial charge is 0.381 e. The van der Waals surface area contributed by atoms with Crippen LogP contribution in [-0.2, 0) is 38.0 Å². The van der Waals surface area contributed by atoms with E-state index in [0.29, 0.717) is 75.8 Å². The maximum Gasteiger partial charge on any atom is 0.137 e. The van der Waals surface area contributed by atoms with Gasteiger partial charge in [-0.05, 0) is 225 Å². The lowest BCUT2D eigenvalue weighted by molar-refractivity contribution is -0.125. The normalized spacial score (nSPS) is 34.4. The number of nitrogens with one attached hydrogen (secondary N) is 2. The van der Waals surface area contributed by atoms with E-state index < -0.39 is 0 Å². The number of piperidine rings is 2. The van der Waals surface area contributed by atoms with E-state index in [9.17, 15) is 9.59 Å². The molecule has 0 unspecified atom stereocenters. The highest BCUT2D eigenvalue weighted by atomic mass is 16.5. The zero-order chi connectivity index (χ0) is 61.4. The molecule has 0 radical (unpaired) electrons. The number of nitrogens with two attached hydrogens (primary N) is 2. The summed E-state index contributed by atoms with van der Waals surface area (Å²) in [7, 11) is 0. The van der Waals surface area contributed by atoms with Crippen LogP contribution in [0.15, 0.2) is 0 Å². The Morgan fingerprint density at radius 2 is 0.547 bits per heavy atom. The summed E-state index contributed by atoms with van der Waals surface area (Å²) in [6.45, 7) is 29.8. The van der Waals surface area contributed by atoms with Crippen molar-refractivity contribution in [3.05, 3.63) is 0 Å². The number of ketones is 2. The van der Waals surface area contributed by atoms with E-state index in [1.807, 2.05) is 0 Å². The molecule has 6 N–H and O–H groups in total. The Hall–Kier alpha value is -1.06. The van der Waals surface area contributed by atoms with E-state index in [4.69, 9.17) is 39.9 Å². The average Bonchev–Trinajstić information content (AvgIpc) is 3.59. The topological polar surface area (TPSA) is 166 Å². The molecule has 12 nitrogen and oxygen atoms in total. The Morgan fingerprint density at radius 3 is 0.767 bits per heavy atom. The summed E-state index contributed by atoms with van der Waals surface area (Å²) in [5.74, 6) is 13.9. The number of hydrogen-bond donors (Lipinski definition) is 4. The molecule has 12 atom stereocenters. The Balaban J connectivity index is 0.000000182. The summed E-state index contributed by atoms with van der Waals surface area (Å²) in [6.07, 6.45) is 44.2. The SMILES string of the molecule is C[C@@H]1CCCC[C@@H]1CC1CCOCC1.C[C@@H]1CCCC[C@@H]1N.C[C@@H]1CNCC[C@@H]1CC1CCOCC1.C[C@H]1CCCC[C@H]1CC1CCOCC1.C[C@H]1CCCC[C@H]1N.C[C@H]1CNCC[C@H]1CC1CCOCC1.O=C1CCOCC1.O=C1CCOCC1. The van der Waals surface area contributed by atoms with Crippen LogP contribution in [0.2, 0.25) is 0 Å². The smallest absolute Gasteiger partial charge is 0.137 e. The molecule has 8 saturated heterocycles. The van der Waals surface area contributed by atoms with Gasteiger partial charge in [0.1, 0.15) is 11.6 Å². The number of ether oxygens (including phenoxy) is 6. The summed E-state index contributed by atoms with van der Waals surface area (Å²) < 4.78 is 31.5. The molecule has 12 aliphatic rings. The summed E-state index contributed by atoms with van der Waals surface area (Å²) in [5.41, 5.74) is 11.6. The third-order valence-electron chi connectivity index (χ3n) is 22.9.